The monoisotopic (exact) mass is 217 g/mol. The smallest absolute Gasteiger partial charge is 0.0233 e. The first kappa shape index (κ1) is 11.7. The van der Waals surface area contributed by atoms with Crippen LogP contribution in [0.1, 0.15) is 43.7 Å². The molecule has 0 bridgehead atoms. The fourth-order valence-electron chi connectivity index (χ4n) is 2.48. The van der Waals surface area contributed by atoms with Crippen LogP contribution >= 0.6 is 0 Å². The summed E-state index contributed by atoms with van der Waals surface area (Å²) in [6.45, 7) is 5.96. The first-order valence-corrected chi connectivity index (χ1v) is 6.68. The van der Waals surface area contributed by atoms with Gasteiger partial charge in [0, 0.05) is 6.54 Å². The molecule has 0 radical (unpaired) electrons. The number of hydrogen-bond donors (Lipinski definition) is 0. The molecule has 1 nitrogen and oxygen atoms in total. The lowest BCUT2D eigenvalue weighted by Crippen LogP contribution is -2.29. The third kappa shape index (κ3) is 3.34. The van der Waals surface area contributed by atoms with Crippen molar-refractivity contribution in [2.45, 2.75) is 45.6 Å². The normalized spacial score (nSPS) is 17.6. The number of hydrogen-bond acceptors (Lipinski definition) is 1. The highest BCUT2D eigenvalue weighted by atomic mass is 15.1. The summed E-state index contributed by atoms with van der Waals surface area (Å²) in [6.07, 6.45) is 6.64. The first-order chi connectivity index (χ1) is 7.88. The molecule has 16 heavy (non-hydrogen) atoms. The molecule has 1 aliphatic rings. The van der Waals surface area contributed by atoms with Crippen molar-refractivity contribution in [3.05, 3.63) is 35.4 Å². The van der Waals surface area contributed by atoms with Gasteiger partial charge in [-0.15, -0.1) is 0 Å². The second kappa shape index (κ2) is 6.05. The minimum Gasteiger partial charge on any atom is -0.299 e. The number of piperidine rings is 1. The zero-order chi connectivity index (χ0) is 11.2. The molecule has 0 atom stereocenters. The van der Waals surface area contributed by atoms with Crippen molar-refractivity contribution in [3.8, 4) is 0 Å². The molecule has 1 heteroatoms. The van der Waals surface area contributed by atoms with E-state index in [1.807, 2.05) is 0 Å². The number of rotatable bonds is 4. The van der Waals surface area contributed by atoms with Gasteiger partial charge >= 0.3 is 0 Å². The van der Waals surface area contributed by atoms with E-state index in [0.29, 0.717) is 0 Å². The molecule has 0 amide bonds. The summed E-state index contributed by atoms with van der Waals surface area (Å²) >= 11 is 0. The molecule has 1 aliphatic heterocycles. The lowest BCUT2D eigenvalue weighted by Gasteiger charge is -2.26. The van der Waals surface area contributed by atoms with Crippen molar-refractivity contribution in [2.75, 3.05) is 13.1 Å². The molecule has 1 saturated heterocycles. The molecule has 1 aromatic carbocycles. The van der Waals surface area contributed by atoms with Crippen molar-refractivity contribution < 1.29 is 0 Å². The minimum absolute atomic E-state index is 1.15. The molecule has 1 aromatic rings. The maximum Gasteiger partial charge on any atom is 0.0233 e. The SMILES string of the molecule is CCCc1ccc(CN2CCCCC2)cc1. The van der Waals surface area contributed by atoms with Gasteiger partial charge in [0.2, 0.25) is 0 Å². The maximum atomic E-state index is 2.58. The molecule has 2 rings (SSSR count). The van der Waals surface area contributed by atoms with Gasteiger partial charge in [0.05, 0.1) is 0 Å². The van der Waals surface area contributed by atoms with E-state index < -0.39 is 0 Å². The van der Waals surface area contributed by atoms with E-state index in [4.69, 9.17) is 0 Å². The molecule has 0 N–H and O–H groups in total. The predicted molar refractivity (Wildman–Crippen MR) is 69.6 cm³/mol. The summed E-state index contributed by atoms with van der Waals surface area (Å²) in [5.41, 5.74) is 2.95. The van der Waals surface area contributed by atoms with Gasteiger partial charge in [-0.05, 0) is 43.5 Å². The second-order valence-electron chi connectivity index (χ2n) is 4.90. The van der Waals surface area contributed by atoms with Gasteiger partial charge in [-0.3, -0.25) is 4.90 Å². The average molecular weight is 217 g/mol. The number of benzene rings is 1. The summed E-state index contributed by atoms with van der Waals surface area (Å²) in [5.74, 6) is 0. The molecule has 1 fully saturated rings. The van der Waals surface area contributed by atoms with Gasteiger partial charge in [-0.25, -0.2) is 0 Å². The van der Waals surface area contributed by atoms with Crippen molar-refractivity contribution in [3.63, 3.8) is 0 Å². The lowest BCUT2D eigenvalue weighted by atomic mass is 10.1. The topological polar surface area (TPSA) is 3.24 Å². The zero-order valence-corrected chi connectivity index (χ0v) is 10.4. The maximum absolute atomic E-state index is 2.58. The Labute approximate surface area is 99.5 Å². The Morgan fingerprint density at radius 1 is 0.938 bits per heavy atom. The Bertz CT molecular complexity index is 296. The van der Waals surface area contributed by atoms with Crippen LogP contribution in [-0.4, -0.2) is 18.0 Å². The summed E-state index contributed by atoms with van der Waals surface area (Å²) in [4.78, 5) is 2.58. The van der Waals surface area contributed by atoms with E-state index in [0.717, 1.165) is 6.54 Å². The average Bonchev–Trinajstić information content (AvgIpc) is 2.33. The van der Waals surface area contributed by atoms with Gasteiger partial charge in [-0.2, -0.15) is 0 Å². The highest BCUT2D eigenvalue weighted by Crippen LogP contribution is 2.14. The highest BCUT2D eigenvalue weighted by Gasteiger charge is 2.09. The van der Waals surface area contributed by atoms with Crippen LogP contribution in [0.5, 0.6) is 0 Å². The molecular weight excluding hydrogens is 194 g/mol. The largest absolute Gasteiger partial charge is 0.299 e. The lowest BCUT2D eigenvalue weighted by molar-refractivity contribution is 0.221. The summed E-state index contributed by atoms with van der Waals surface area (Å²) in [5, 5.41) is 0. The Kier molecular flexibility index (Phi) is 4.41. The summed E-state index contributed by atoms with van der Waals surface area (Å²) in [6, 6.07) is 9.20. The van der Waals surface area contributed by atoms with E-state index in [1.165, 1.54) is 56.3 Å². The van der Waals surface area contributed by atoms with E-state index in [1.54, 1.807) is 0 Å². The van der Waals surface area contributed by atoms with Crippen LogP contribution in [0.4, 0.5) is 0 Å². The number of aryl methyl sites for hydroxylation is 1. The van der Waals surface area contributed by atoms with Crippen LogP contribution in [0.15, 0.2) is 24.3 Å². The molecule has 0 aromatic heterocycles. The van der Waals surface area contributed by atoms with E-state index in [9.17, 15) is 0 Å². The Balaban J connectivity index is 1.88. The molecule has 88 valence electrons. The van der Waals surface area contributed by atoms with Crippen LogP contribution in [0.25, 0.3) is 0 Å². The Morgan fingerprint density at radius 2 is 1.56 bits per heavy atom. The van der Waals surface area contributed by atoms with Crippen LogP contribution in [0.2, 0.25) is 0 Å². The van der Waals surface area contributed by atoms with Crippen LogP contribution in [0, 0.1) is 0 Å². The zero-order valence-electron chi connectivity index (χ0n) is 10.4. The fourth-order valence-corrected chi connectivity index (χ4v) is 2.48. The van der Waals surface area contributed by atoms with E-state index in [2.05, 4.69) is 36.1 Å². The predicted octanol–water partition coefficient (Wildman–Crippen LogP) is 3.63. The van der Waals surface area contributed by atoms with Crippen molar-refractivity contribution in [1.29, 1.82) is 0 Å². The van der Waals surface area contributed by atoms with Crippen molar-refractivity contribution >= 4 is 0 Å². The van der Waals surface area contributed by atoms with Gasteiger partial charge in [-0.1, -0.05) is 44.0 Å². The Morgan fingerprint density at radius 3 is 2.19 bits per heavy atom. The van der Waals surface area contributed by atoms with Crippen LogP contribution < -0.4 is 0 Å². The third-order valence-corrected chi connectivity index (χ3v) is 3.42. The molecular formula is C15H23N. The first-order valence-electron chi connectivity index (χ1n) is 6.68. The highest BCUT2D eigenvalue weighted by molar-refractivity contribution is 5.22. The minimum atomic E-state index is 1.15. The standard InChI is InChI=1S/C15H23N/c1-2-6-14-7-9-15(10-8-14)13-16-11-4-3-5-12-16/h7-10H,2-6,11-13H2,1H3. The van der Waals surface area contributed by atoms with E-state index in [-0.39, 0.29) is 0 Å². The van der Waals surface area contributed by atoms with E-state index >= 15 is 0 Å². The molecule has 0 unspecified atom stereocenters. The van der Waals surface area contributed by atoms with Crippen molar-refractivity contribution in [1.82, 2.24) is 4.90 Å². The van der Waals surface area contributed by atoms with Crippen LogP contribution in [0.3, 0.4) is 0 Å². The van der Waals surface area contributed by atoms with Gasteiger partial charge in [0.1, 0.15) is 0 Å². The third-order valence-electron chi connectivity index (χ3n) is 3.42. The fraction of sp³-hybridized carbons (Fsp3) is 0.600. The van der Waals surface area contributed by atoms with Gasteiger partial charge < -0.3 is 0 Å². The van der Waals surface area contributed by atoms with Crippen LogP contribution in [-0.2, 0) is 13.0 Å². The van der Waals surface area contributed by atoms with Gasteiger partial charge in [0.25, 0.3) is 0 Å². The van der Waals surface area contributed by atoms with Gasteiger partial charge in [0.15, 0.2) is 0 Å². The molecule has 0 aliphatic carbocycles. The number of likely N-dealkylation sites (tertiary alicyclic amines) is 1. The van der Waals surface area contributed by atoms with Crippen molar-refractivity contribution in [2.24, 2.45) is 0 Å². The Hall–Kier alpha value is -0.820. The summed E-state index contributed by atoms with van der Waals surface area (Å²) < 4.78 is 0. The number of nitrogens with zero attached hydrogens (tertiary/aromatic N) is 1. The second-order valence-corrected chi connectivity index (χ2v) is 4.90. The molecule has 0 saturated carbocycles. The molecule has 0 spiro atoms. The summed E-state index contributed by atoms with van der Waals surface area (Å²) in [7, 11) is 0. The molecule has 1 heterocycles. The quantitative estimate of drug-likeness (QED) is 0.744.